The first-order valence-electron chi connectivity index (χ1n) is 6.46. The van der Waals surface area contributed by atoms with Crippen LogP contribution in [-0.2, 0) is 14.3 Å². The van der Waals surface area contributed by atoms with Gasteiger partial charge in [0.05, 0.1) is 6.10 Å². The fraction of sp³-hybridized carbons (Fsp3) is 0.833. The zero-order chi connectivity index (χ0) is 15.2. The van der Waals surface area contributed by atoms with Gasteiger partial charge in [-0.25, -0.2) is 0 Å². The van der Waals surface area contributed by atoms with Crippen LogP contribution >= 0.6 is 0 Å². The lowest BCUT2D eigenvalue weighted by Gasteiger charge is -2.25. The van der Waals surface area contributed by atoms with Crippen LogP contribution in [0.4, 0.5) is 13.2 Å². The number of alkyl halides is 3. The molecular formula is C12H18F3NO4. The maximum absolute atomic E-state index is 12.3. The van der Waals surface area contributed by atoms with Crippen molar-refractivity contribution >= 4 is 11.9 Å². The molecule has 1 heterocycles. The molecule has 1 saturated heterocycles. The summed E-state index contributed by atoms with van der Waals surface area (Å²) in [6.07, 6.45) is -1.83. The van der Waals surface area contributed by atoms with Crippen LogP contribution in [0.2, 0.25) is 0 Å². The summed E-state index contributed by atoms with van der Waals surface area (Å²) in [5, 5.41) is 8.56. The molecule has 0 saturated carbocycles. The van der Waals surface area contributed by atoms with E-state index in [9.17, 15) is 22.8 Å². The molecule has 1 atom stereocenters. The van der Waals surface area contributed by atoms with E-state index < -0.39 is 31.1 Å². The third-order valence-electron chi connectivity index (χ3n) is 3.00. The smallest absolute Gasteiger partial charge is 0.406 e. The second-order valence-electron chi connectivity index (χ2n) is 4.79. The largest absolute Gasteiger partial charge is 0.480 e. The standard InChI is InChI=1S/C12H18F3NO4/c13-12(14,15)8-16(7-11(18)19)10(17)5-4-9-3-1-2-6-20-9/h9H,1-8H2,(H,18,19). The van der Waals surface area contributed by atoms with Gasteiger partial charge in [0.1, 0.15) is 13.1 Å². The molecule has 116 valence electrons. The van der Waals surface area contributed by atoms with E-state index in [0.717, 1.165) is 19.3 Å². The number of amides is 1. The van der Waals surface area contributed by atoms with Gasteiger partial charge >= 0.3 is 12.1 Å². The van der Waals surface area contributed by atoms with Crippen LogP contribution in [0.3, 0.4) is 0 Å². The molecule has 1 amide bonds. The van der Waals surface area contributed by atoms with Crippen molar-refractivity contribution < 1.29 is 32.6 Å². The summed E-state index contributed by atoms with van der Waals surface area (Å²) < 4.78 is 42.3. The number of carboxylic acids is 1. The monoisotopic (exact) mass is 297 g/mol. The molecule has 20 heavy (non-hydrogen) atoms. The van der Waals surface area contributed by atoms with Crippen molar-refractivity contribution in [2.75, 3.05) is 19.7 Å². The Hall–Kier alpha value is -1.31. The van der Waals surface area contributed by atoms with E-state index >= 15 is 0 Å². The fourth-order valence-electron chi connectivity index (χ4n) is 2.09. The third kappa shape index (κ3) is 6.74. The summed E-state index contributed by atoms with van der Waals surface area (Å²) in [5.74, 6) is -2.27. The lowest BCUT2D eigenvalue weighted by atomic mass is 10.0. The number of carboxylic acid groups (broad SMARTS) is 1. The first-order chi connectivity index (χ1) is 9.28. The van der Waals surface area contributed by atoms with E-state index in [2.05, 4.69) is 0 Å². The fourth-order valence-corrected chi connectivity index (χ4v) is 2.09. The van der Waals surface area contributed by atoms with Crippen molar-refractivity contribution in [2.45, 2.75) is 44.4 Å². The number of ether oxygens (including phenoxy) is 1. The molecule has 0 bridgehead atoms. The van der Waals surface area contributed by atoms with E-state index in [1.807, 2.05) is 0 Å². The van der Waals surface area contributed by atoms with Crippen LogP contribution < -0.4 is 0 Å². The van der Waals surface area contributed by atoms with E-state index in [1.165, 1.54) is 0 Å². The Labute approximate surface area is 114 Å². The normalized spacial score (nSPS) is 19.6. The summed E-state index contributed by atoms with van der Waals surface area (Å²) in [4.78, 5) is 22.6. The van der Waals surface area contributed by atoms with Crippen molar-refractivity contribution in [1.29, 1.82) is 0 Å². The predicted molar refractivity (Wildman–Crippen MR) is 63.1 cm³/mol. The summed E-state index contributed by atoms with van der Waals surface area (Å²) in [7, 11) is 0. The SMILES string of the molecule is O=C(O)CN(CC(F)(F)F)C(=O)CCC1CCCCO1. The van der Waals surface area contributed by atoms with Crippen LogP contribution in [0.5, 0.6) is 0 Å². The summed E-state index contributed by atoms with van der Waals surface area (Å²) in [5.41, 5.74) is 0. The lowest BCUT2D eigenvalue weighted by molar-refractivity contribution is -0.166. The number of aliphatic carboxylic acids is 1. The second-order valence-corrected chi connectivity index (χ2v) is 4.79. The highest BCUT2D eigenvalue weighted by molar-refractivity contribution is 5.81. The first-order valence-corrected chi connectivity index (χ1v) is 6.46. The van der Waals surface area contributed by atoms with Crippen LogP contribution in [0.1, 0.15) is 32.1 Å². The van der Waals surface area contributed by atoms with Crippen molar-refractivity contribution in [3.05, 3.63) is 0 Å². The molecule has 1 fully saturated rings. The van der Waals surface area contributed by atoms with Crippen molar-refractivity contribution in [1.82, 2.24) is 4.90 Å². The molecule has 1 N–H and O–H groups in total. The van der Waals surface area contributed by atoms with Crippen molar-refractivity contribution in [2.24, 2.45) is 0 Å². The quantitative estimate of drug-likeness (QED) is 0.812. The highest BCUT2D eigenvalue weighted by atomic mass is 19.4. The number of nitrogens with zero attached hydrogens (tertiary/aromatic N) is 1. The van der Waals surface area contributed by atoms with E-state index in [4.69, 9.17) is 9.84 Å². The third-order valence-corrected chi connectivity index (χ3v) is 3.00. The van der Waals surface area contributed by atoms with Crippen LogP contribution in [-0.4, -0.2) is 53.9 Å². The molecule has 1 aliphatic rings. The minimum absolute atomic E-state index is 0.120. The zero-order valence-electron chi connectivity index (χ0n) is 11.0. The lowest BCUT2D eigenvalue weighted by Crippen LogP contribution is -2.42. The van der Waals surface area contributed by atoms with Gasteiger partial charge in [0.2, 0.25) is 5.91 Å². The van der Waals surface area contributed by atoms with Gasteiger partial charge in [-0.15, -0.1) is 0 Å². The van der Waals surface area contributed by atoms with Crippen LogP contribution in [0, 0.1) is 0 Å². The Morgan fingerprint density at radius 2 is 2.00 bits per heavy atom. The Kier molecular flexibility index (Phi) is 6.25. The van der Waals surface area contributed by atoms with Gasteiger partial charge in [-0.05, 0) is 25.7 Å². The van der Waals surface area contributed by atoms with Gasteiger partial charge in [0.15, 0.2) is 0 Å². The molecule has 1 aliphatic heterocycles. The Bertz CT molecular complexity index is 340. The molecule has 1 unspecified atom stereocenters. The predicted octanol–water partition coefficient (Wildman–Crippen LogP) is 1.81. The average Bonchev–Trinajstić information content (AvgIpc) is 2.34. The van der Waals surface area contributed by atoms with E-state index in [0.29, 0.717) is 17.9 Å². The molecule has 0 aromatic heterocycles. The van der Waals surface area contributed by atoms with Gasteiger partial charge in [0, 0.05) is 13.0 Å². The first kappa shape index (κ1) is 16.7. The minimum atomic E-state index is -4.60. The summed E-state index contributed by atoms with van der Waals surface area (Å²) in [6.45, 7) is -1.88. The van der Waals surface area contributed by atoms with Crippen LogP contribution in [0.15, 0.2) is 0 Å². The van der Waals surface area contributed by atoms with Gasteiger partial charge in [-0.2, -0.15) is 13.2 Å². The van der Waals surface area contributed by atoms with Crippen LogP contribution in [0.25, 0.3) is 0 Å². The Morgan fingerprint density at radius 1 is 1.30 bits per heavy atom. The molecule has 0 aromatic carbocycles. The number of halogens is 3. The van der Waals surface area contributed by atoms with E-state index in [1.54, 1.807) is 0 Å². The number of hydrogen-bond donors (Lipinski definition) is 1. The highest BCUT2D eigenvalue weighted by Crippen LogP contribution is 2.20. The Morgan fingerprint density at radius 3 is 2.50 bits per heavy atom. The maximum atomic E-state index is 12.3. The van der Waals surface area contributed by atoms with Gasteiger partial charge in [0.25, 0.3) is 0 Å². The van der Waals surface area contributed by atoms with Gasteiger partial charge in [-0.1, -0.05) is 0 Å². The number of carbonyl (C=O) groups is 2. The topological polar surface area (TPSA) is 66.8 Å². The zero-order valence-corrected chi connectivity index (χ0v) is 11.0. The molecule has 1 rings (SSSR count). The van der Waals surface area contributed by atoms with Crippen molar-refractivity contribution in [3.63, 3.8) is 0 Å². The molecule has 0 spiro atoms. The van der Waals surface area contributed by atoms with Gasteiger partial charge < -0.3 is 14.7 Å². The summed E-state index contributed by atoms with van der Waals surface area (Å²) in [6, 6.07) is 0. The Balaban J connectivity index is 2.47. The molecule has 5 nitrogen and oxygen atoms in total. The maximum Gasteiger partial charge on any atom is 0.406 e. The average molecular weight is 297 g/mol. The number of carbonyl (C=O) groups excluding carboxylic acids is 1. The van der Waals surface area contributed by atoms with E-state index in [-0.39, 0.29) is 12.5 Å². The molecule has 0 radical (unpaired) electrons. The van der Waals surface area contributed by atoms with Gasteiger partial charge in [-0.3, -0.25) is 9.59 Å². The highest BCUT2D eigenvalue weighted by Gasteiger charge is 2.34. The number of rotatable bonds is 6. The molecule has 0 aliphatic carbocycles. The van der Waals surface area contributed by atoms with Crippen molar-refractivity contribution in [3.8, 4) is 0 Å². The molecule has 8 heteroatoms. The molecule has 0 aromatic rings. The minimum Gasteiger partial charge on any atom is -0.480 e. The summed E-state index contributed by atoms with van der Waals surface area (Å²) >= 11 is 0. The second kappa shape index (κ2) is 7.47. The molecular weight excluding hydrogens is 279 g/mol. The number of hydrogen-bond acceptors (Lipinski definition) is 3.